The third kappa shape index (κ3) is 4.29. The maximum atomic E-state index is 12.5. The minimum absolute atomic E-state index is 0.0354. The van der Waals surface area contributed by atoms with Crippen molar-refractivity contribution in [1.82, 2.24) is 0 Å². The molecule has 1 fully saturated rings. The molecular weight excluding hydrogens is 264 g/mol. The Morgan fingerprint density at radius 1 is 1.48 bits per heavy atom. The van der Waals surface area contributed by atoms with Crippen molar-refractivity contribution in [2.45, 2.75) is 51.7 Å². The highest BCUT2D eigenvalue weighted by Gasteiger charge is 2.37. The first-order valence-corrected chi connectivity index (χ1v) is 7.79. The zero-order chi connectivity index (χ0) is 15.3. The Hall–Kier alpha value is -1.39. The predicted octanol–water partition coefficient (Wildman–Crippen LogP) is 3.07. The van der Waals surface area contributed by atoms with Gasteiger partial charge in [-0.1, -0.05) is 25.0 Å². The van der Waals surface area contributed by atoms with Gasteiger partial charge in [-0.15, -0.1) is 0 Å². The van der Waals surface area contributed by atoms with Gasteiger partial charge in [0.15, 0.2) is 0 Å². The Labute approximate surface area is 127 Å². The molecule has 0 saturated heterocycles. The molecule has 1 aromatic rings. The number of carbonyl (C=O) groups excluding carboxylic acids is 1. The van der Waals surface area contributed by atoms with E-state index in [2.05, 4.69) is 5.32 Å². The molecule has 0 spiro atoms. The highest BCUT2D eigenvalue weighted by molar-refractivity contribution is 5.93. The second-order valence-electron chi connectivity index (χ2n) is 6.13. The first kappa shape index (κ1) is 16.0. The van der Waals surface area contributed by atoms with Crippen LogP contribution < -0.4 is 11.1 Å². The number of ether oxygens (including phenoxy) is 1. The van der Waals surface area contributed by atoms with Gasteiger partial charge in [0, 0.05) is 17.8 Å². The van der Waals surface area contributed by atoms with Gasteiger partial charge in [0.05, 0.1) is 12.5 Å². The Morgan fingerprint density at radius 2 is 2.29 bits per heavy atom. The Bertz CT molecular complexity index is 485. The van der Waals surface area contributed by atoms with E-state index in [1.165, 1.54) is 0 Å². The van der Waals surface area contributed by atoms with Crippen LogP contribution in [0.15, 0.2) is 24.3 Å². The van der Waals surface area contributed by atoms with Crippen molar-refractivity contribution in [2.75, 3.05) is 11.9 Å². The van der Waals surface area contributed by atoms with Gasteiger partial charge in [0.1, 0.15) is 0 Å². The second-order valence-corrected chi connectivity index (χ2v) is 6.13. The molecule has 0 aliphatic heterocycles. The smallest absolute Gasteiger partial charge is 0.229 e. The number of hydrogen-bond donors (Lipinski definition) is 2. The third-order valence-corrected chi connectivity index (χ3v) is 4.24. The van der Waals surface area contributed by atoms with Crippen LogP contribution in [-0.2, 0) is 16.1 Å². The standard InChI is InChI=1S/C17H26N2O2/c1-3-21-12-13-7-6-8-14(11-13)19-16(20)15-9-4-5-10-17(15,2)18/h6-8,11,15H,3-5,9-10,12,18H2,1-2H3,(H,19,20). The molecule has 1 amide bonds. The number of benzene rings is 1. The molecule has 0 heterocycles. The van der Waals surface area contributed by atoms with Gasteiger partial charge in [-0.25, -0.2) is 0 Å². The maximum absolute atomic E-state index is 12.5. The lowest BCUT2D eigenvalue weighted by Gasteiger charge is -2.37. The van der Waals surface area contributed by atoms with Crippen molar-refractivity contribution in [3.8, 4) is 0 Å². The monoisotopic (exact) mass is 290 g/mol. The van der Waals surface area contributed by atoms with Gasteiger partial charge in [-0.2, -0.15) is 0 Å². The van der Waals surface area contributed by atoms with E-state index in [0.29, 0.717) is 13.2 Å². The number of nitrogens with one attached hydrogen (secondary N) is 1. The van der Waals surface area contributed by atoms with E-state index < -0.39 is 5.54 Å². The predicted molar refractivity (Wildman–Crippen MR) is 85.0 cm³/mol. The van der Waals surface area contributed by atoms with E-state index in [1.807, 2.05) is 38.1 Å². The summed E-state index contributed by atoms with van der Waals surface area (Å²) in [6.45, 7) is 5.21. The van der Waals surface area contributed by atoms with E-state index in [1.54, 1.807) is 0 Å². The van der Waals surface area contributed by atoms with E-state index in [4.69, 9.17) is 10.5 Å². The van der Waals surface area contributed by atoms with Crippen LogP contribution in [0.5, 0.6) is 0 Å². The lowest BCUT2D eigenvalue weighted by molar-refractivity contribution is -0.122. The van der Waals surface area contributed by atoms with Gasteiger partial charge in [0.2, 0.25) is 5.91 Å². The van der Waals surface area contributed by atoms with Crippen LogP contribution in [0.2, 0.25) is 0 Å². The minimum atomic E-state index is -0.398. The molecule has 1 aliphatic carbocycles. The molecule has 116 valence electrons. The molecule has 2 atom stereocenters. The summed E-state index contributed by atoms with van der Waals surface area (Å²) in [5.41, 5.74) is 7.78. The van der Waals surface area contributed by atoms with Crippen molar-refractivity contribution in [1.29, 1.82) is 0 Å². The summed E-state index contributed by atoms with van der Waals surface area (Å²) in [4.78, 5) is 12.5. The van der Waals surface area contributed by atoms with Crippen LogP contribution in [0.3, 0.4) is 0 Å². The number of amides is 1. The molecule has 21 heavy (non-hydrogen) atoms. The van der Waals surface area contributed by atoms with E-state index in [0.717, 1.165) is 36.9 Å². The molecule has 1 aliphatic rings. The molecule has 2 unspecified atom stereocenters. The topological polar surface area (TPSA) is 64.3 Å². The van der Waals surface area contributed by atoms with Gasteiger partial charge < -0.3 is 15.8 Å². The zero-order valence-corrected chi connectivity index (χ0v) is 13.0. The van der Waals surface area contributed by atoms with Crippen molar-refractivity contribution >= 4 is 11.6 Å². The number of nitrogens with two attached hydrogens (primary N) is 1. The summed E-state index contributed by atoms with van der Waals surface area (Å²) >= 11 is 0. The fourth-order valence-electron chi connectivity index (χ4n) is 2.98. The largest absolute Gasteiger partial charge is 0.377 e. The van der Waals surface area contributed by atoms with Crippen LogP contribution in [0, 0.1) is 5.92 Å². The first-order valence-electron chi connectivity index (χ1n) is 7.79. The SMILES string of the molecule is CCOCc1cccc(NC(=O)C2CCCCC2(C)N)c1. The molecule has 0 aromatic heterocycles. The normalized spacial score (nSPS) is 25.6. The lowest BCUT2D eigenvalue weighted by Crippen LogP contribution is -2.51. The summed E-state index contributed by atoms with van der Waals surface area (Å²) in [6.07, 6.45) is 3.98. The highest BCUT2D eigenvalue weighted by Crippen LogP contribution is 2.32. The van der Waals surface area contributed by atoms with E-state index >= 15 is 0 Å². The number of hydrogen-bond acceptors (Lipinski definition) is 3. The van der Waals surface area contributed by atoms with E-state index in [-0.39, 0.29) is 11.8 Å². The van der Waals surface area contributed by atoms with Gasteiger partial charge in [-0.05, 0) is 44.4 Å². The van der Waals surface area contributed by atoms with Crippen LogP contribution in [0.25, 0.3) is 0 Å². The summed E-state index contributed by atoms with van der Waals surface area (Å²) in [5, 5.41) is 3.01. The van der Waals surface area contributed by atoms with Crippen LogP contribution >= 0.6 is 0 Å². The zero-order valence-electron chi connectivity index (χ0n) is 13.0. The quantitative estimate of drug-likeness (QED) is 0.876. The molecule has 4 nitrogen and oxygen atoms in total. The average Bonchev–Trinajstić information content (AvgIpc) is 2.45. The van der Waals surface area contributed by atoms with Crippen molar-refractivity contribution in [3.63, 3.8) is 0 Å². The molecule has 0 bridgehead atoms. The first-order chi connectivity index (χ1) is 10.0. The molecule has 1 saturated carbocycles. The van der Waals surface area contributed by atoms with E-state index in [9.17, 15) is 4.79 Å². The molecule has 1 aromatic carbocycles. The second kappa shape index (κ2) is 7.05. The lowest BCUT2D eigenvalue weighted by atomic mass is 9.74. The molecule has 0 radical (unpaired) electrons. The number of anilines is 1. The van der Waals surface area contributed by atoms with Crippen LogP contribution in [-0.4, -0.2) is 18.1 Å². The maximum Gasteiger partial charge on any atom is 0.229 e. The van der Waals surface area contributed by atoms with Gasteiger partial charge in [-0.3, -0.25) is 4.79 Å². The summed E-state index contributed by atoms with van der Waals surface area (Å²) in [5.74, 6) is -0.0740. The van der Waals surface area contributed by atoms with Crippen LogP contribution in [0.1, 0.15) is 45.1 Å². The van der Waals surface area contributed by atoms with Crippen molar-refractivity contribution in [2.24, 2.45) is 11.7 Å². The van der Waals surface area contributed by atoms with Crippen molar-refractivity contribution < 1.29 is 9.53 Å². The Morgan fingerprint density at radius 3 is 3.00 bits per heavy atom. The highest BCUT2D eigenvalue weighted by atomic mass is 16.5. The Kier molecular flexibility index (Phi) is 5.37. The molecule has 4 heteroatoms. The fraction of sp³-hybridized carbons (Fsp3) is 0.588. The molecule has 3 N–H and O–H groups in total. The fourth-order valence-corrected chi connectivity index (χ4v) is 2.98. The third-order valence-electron chi connectivity index (χ3n) is 4.24. The Balaban J connectivity index is 2.02. The number of carbonyl (C=O) groups is 1. The molecular formula is C17H26N2O2. The average molecular weight is 290 g/mol. The summed E-state index contributed by atoms with van der Waals surface area (Å²) < 4.78 is 5.40. The van der Waals surface area contributed by atoms with Crippen molar-refractivity contribution in [3.05, 3.63) is 29.8 Å². The summed E-state index contributed by atoms with van der Waals surface area (Å²) in [6, 6.07) is 7.81. The van der Waals surface area contributed by atoms with Gasteiger partial charge in [0.25, 0.3) is 0 Å². The number of rotatable bonds is 5. The van der Waals surface area contributed by atoms with Crippen LogP contribution in [0.4, 0.5) is 5.69 Å². The minimum Gasteiger partial charge on any atom is -0.377 e. The van der Waals surface area contributed by atoms with Gasteiger partial charge >= 0.3 is 0 Å². The summed E-state index contributed by atoms with van der Waals surface area (Å²) in [7, 11) is 0. The molecule has 2 rings (SSSR count).